The Kier molecular flexibility index (Phi) is 2.45. The van der Waals surface area contributed by atoms with Crippen LogP contribution in [0.25, 0.3) is 10.9 Å². The first kappa shape index (κ1) is 11.4. The van der Waals surface area contributed by atoms with Crippen molar-refractivity contribution in [1.82, 2.24) is 19.5 Å². The van der Waals surface area contributed by atoms with E-state index >= 15 is 0 Å². The van der Waals surface area contributed by atoms with Crippen LogP contribution in [0, 0.1) is 0 Å². The van der Waals surface area contributed by atoms with Gasteiger partial charge in [0.25, 0.3) is 0 Å². The zero-order valence-corrected chi connectivity index (χ0v) is 11.3. The van der Waals surface area contributed by atoms with Gasteiger partial charge in [-0.05, 0) is 19.1 Å². The Morgan fingerprint density at radius 1 is 1.20 bits per heavy atom. The van der Waals surface area contributed by atoms with Crippen molar-refractivity contribution < 1.29 is 0 Å². The molecule has 1 aromatic carbocycles. The van der Waals surface area contributed by atoms with E-state index in [-0.39, 0.29) is 0 Å². The Bertz CT molecular complexity index is 758. The van der Waals surface area contributed by atoms with Gasteiger partial charge in [-0.25, -0.2) is 15.0 Å². The van der Waals surface area contributed by atoms with Crippen LogP contribution in [0.15, 0.2) is 43.1 Å². The minimum atomic E-state index is 0.384. The molecule has 2 aromatic heterocycles. The molecule has 100 valence electrons. The van der Waals surface area contributed by atoms with Crippen LogP contribution >= 0.6 is 0 Å². The molecule has 4 rings (SSSR count). The van der Waals surface area contributed by atoms with Gasteiger partial charge in [0.1, 0.15) is 12.1 Å². The van der Waals surface area contributed by atoms with Gasteiger partial charge in [-0.15, -0.1) is 0 Å². The highest BCUT2D eigenvalue weighted by Crippen LogP contribution is 2.28. The Labute approximate surface area is 116 Å². The van der Waals surface area contributed by atoms with Gasteiger partial charge < -0.3 is 9.47 Å². The van der Waals surface area contributed by atoms with Gasteiger partial charge in [0.2, 0.25) is 0 Å². The van der Waals surface area contributed by atoms with Crippen LogP contribution in [-0.2, 0) is 13.1 Å². The summed E-state index contributed by atoms with van der Waals surface area (Å²) in [6.45, 7) is 4.00. The number of nitrogens with zero attached hydrogens (tertiary/aromatic N) is 5. The van der Waals surface area contributed by atoms with Gasteiger partial charge in [0, 0.05) is 24.2 Å². The van der Waals surface area contributed by atoms with Crippen LogP contribution < -0.4 is 4.90 Å². The van der Waals surface area contributed by atoms with E-state index in [4.69, 9.17) is 0 Å². The monoisotopic (exact) mass is 265 g/mol. The highest BCUT2D eigenvalue weighted by Gasteiger charge is 2.25. The maximum absolute atomic E-state index is 4.52. The number of aromatic nitrogens is 4. The molecule has 1 aliphatic heterocycles. The number of anilines is 1. The molecule has 3 aromatic rings. The van der Waals surface area contributed by atoms with Crippen molar-refractivity contribution >= 4 is 16.7 Å². The zero-order chi connectivity index (χ0) is 13.5. The van der Waals surface area contributed by atoms with E-state index in [0.717, 1.165) is 29.8 Å². The first-order valence-corrected chi connectivity index (χ1v) is 6.78. The lowest BCUT2D eigenvalue weighted by molar-refractivity contribution is 0.472. The molecule has 1 aliphatic rings. The maximum atomic E-state index is 4.52. The van der Waals surface area contributed by atoms with E-state index in [1.165, 1.54) is 5.69 Å². The average molecular weight is 265 g/mol. The van der Waals surface area contributed by atoms with Crippen LogP contribution in [-0.4, -0.2) is 25.6 Å². The highest BCUT2D eigenvalue weighted by molar-refractivity contribution is 5.89. The summed E-state index contributed by atoms with van der Waals surface area (Å²) in [6, 6.07) is 8.54. The lowest BCUT2D eigenvalue weighted by Crippen LogP contribution is -2.41. The number of fused-ring (bicyclic) bond motifs is 2. The minimum absolute atomic E-state index is 0.384. The third-order valence-corrected chi connectivity index (χ3v) is 3.92. The number of rotatable bonds is 1. The molecule has 0 fully saturated rings. The van der Waals surface area contributed by atoms with Crippen molar-refractivity contribution in [3.63, 3.8) is 0 Å². The van der Waals surface area contributed by atoms with E-state index in [2.05, 4.69) is 37.4 Å². The predicted octanol–water partition coefficient (Wildman–Crippen LogP) is 2.24. The minimum Gasteiger partial charge on any atom is -0.346 e. The van der Waals surface area contributed by atoms with Crippen LogP contribution in [0.5, 0.6) is 0 Å². The summed E-state index contributed by atoms with van der Waals surface area (Å²) in [5.41, 5.74) is 2.22. The lowest BCUT2D eigenvalue weighted by Gasteiger charge is -2.35. The molecule has 0 unspecified atom stereocenters. The van der Waals surface area contributed by atoms with Crippen LogP contribution in [0.4, 0.5) is 5.82 Å². The average Bonchev–Trinajstić information content (AvgIpc) is 2.93. The number of para-hydroxylation sites is 1. The molecule has 0 amide bonds. The van der Waals surface area contributed by atoms with Gasteiger partial charge in [-0.3, -0.25) is 0 Å². The zero-order valence-electron chi connectivity index (χ0n) is 11.3. The summed E-state index contributed by atoms with van der Waals surface area (Å²) in [7, 11) is 0. The topological polar surface area (TPSA) is 46.8 Å². The second-order valence-corrected chi connectivity index (χ2v) is 5.23. The fourth-order valence-corrected chi connectivity index (χ4v) is 2.86. The molecule has 0 saturated heterocycles. The normalized spacial score (nSPS) is 18.2. The third-order valence-electron chi connectivity index (χ3n) is 3.92. The smallest absolute Gasteiger partial charge is 0.140 e. The quantitative estimate of drug-likeness (QED) is 0.677. The van der Waals surface area contributed by atoms with Gasteiger partial charge >= 0.3 is 0 Å². The summed E-state index contributed by atoms with van der Waals surface area (Å²) in [5.74, 6) is 1.01. The summed E-state index contributed by atoms with van der Waals surface area (Å²) in [4.78, 5) is 15.4. The number of benzene rings is 1. The molecule has 20 heavy (non-hydrogen) atoms. The van der Waals surface area contributed by atoms with E-state index < -0.39 is 0 Å². The molecule has 0 spiro atoms. The first-order chi connectivity index (χ1) is 9.83. The predicted molar refractivity (Wildman–Crippen MR) is 77.4 cm³/mol. The van der Waals surface area contributed by atoms with Crippen LogP contribution in [0.1, 0.15) is 12.6 Å². The molecule has 0 bridgehead atoms. The lowest BCUT2D eigenvalue weighted by atomic mass is 10.1. The standard InChI is InChI=1S/C15H15N5/c1-11-7-19-10-16-6-12(19)8-20(11)15-13-4-2-3-5-14(13)17-9-18-15/h2-6,9-11H,7-8H2,1H3/t11-/m1/s1. The Balaban J connectivity index is 1.84. The third kappa shape index (κ3) is 1.66. The fourth-order valence-electron chi connectivity index (χ4n) is 2.86. The highest BCUT2D eigenvalue weighted by atomic mass is 15.3. The number of hydrogen-bond donors (Lipinski definition) is 0. The van der Waals surface area contributed by atoms with Crippen molar-refractivity contribution in [2.45, 2.75) is 26.1 Å². The molecule has 0 N–H and O–H groups in total. The van der Waals surface area contributed by atoms with E-state index in [9.17, 15) is 0 Å². The summed E-state index contributed by atoms with van der Waals surface area (Å²) in [6.07, 6.45) is 5.49. The second kappa shape index (κ2) is 4.30. The summed E-state index contributed by atoms with van der Waals surface area (Å²) in [5, 5.41) is 1.11. The molecular formula is C15H15N5. The maximum Gasteiger partial charge on any atom is 0.140 e. The number of hydrogen-bond acceptors (Lipinski definition) is 4. The van der Waals surface area contributed by atoms with E-state index in [0.29, 0.717) is 6.04 Å². The van der Waals surface area contributed by atoms with Crippen molar-refractivity contribution in [1.29, 1.82) is 0 Å². The van der Waals surface area contributed by atoms with Gasteiger partial charge in [0.05, 0.1) is 24.1 Å². The summed E-state index contributed by atoms with van der Waals surface area (Å²) >= 11 is 0. The van der Waals surface area contributed by atoms with Gasteiger partial charge in [-0.2, -0.15) is 0 Å². The molecule has 5 heteroatoms. The first-order valence-electron chi connectivity index (χ1n) is 6.78. The van der Waals surface area contributed by atoms with Crippen molar-refractivity contribution in [2.75, 3.05) is 4.90 Å². The van der Waals surface area contributed by atoms with E-state index in [1.807, 2.05) is 30.7 Å². The second-order valence-electron chi connectivity index (χ2n) is 5.23. The molecule has 3 heterocycles. The SMILES string of the molecule is C[C@@H]1Cn2cncc2CN1c1ncnc2ccccc12. The fraction of sp³-hybridized carbons (Fsp3) is 0.267. The van der Waals surface area contributed by atoms with Crippen molar-refractivity contribution in [2.24, 2.45) is 0 Å². The molecule has 0 aliphatic carbocycles. The Hall–Kier alpha value is -2.43. The van der Waals surface area contributed by atoms with Gasteiger partial charge in [-0.1, -0.05) is 12.1 Å². The van der Waals surface area contributed by atoms with Gasteiger partial charge in [0.15, 0.2) is 0 Å². The largest absolute Gasteiger partial charge is 0.346 e. The summed E-state index contributed by atoms with van der Waals surface area (Å²) < 4.78 is 2.21. The molecule has 0 radical (unpaired) electrons. The van der Waals surface area contributed by atoms with Crippen LogP contribution in [0.3, 0.4) is 0 Å². The molecule has 5 nitrogen and oxygen atoms in total. The van der Waals surface area contributed by atoms with Crippen molar-refractivity contribution in [3.05, 3.63) is 48.8 Å². The van der Waals surface area contributed by atoms with Crippen LogP contribution in [0.2, 0.25) is 0 Å². The molecule has 1 atom stereocenters. The Morgan fingerprint density at radius 2 is 2.10 bits per heavy atom. The molecular weight excluding hydrogens is 250 g/mol. The van der Waals surface area contributed by atoms with E-state index in [1.54, 1.807) is 6.33 Å². The molecule has 0 saturated carbocycles. The number of imidazole rings is 1. The Morgan fingerprint density at radius 3 is 3.05 bits per heavy atom. The van der Waals surface area contributed by atoms with Crippen molar-refractivity contribution in [3.8, 4) is 0 Å².